The van der Waals surface area contributed by atoms with Gasteiger partial charge in [0.1, 0.15) is 0 Å². The molecule has 0 radical (unpaired) electrons. The molecule has 0 aromatic heterocycles. The molecule has 1 saturated heterocycles. The van der Waals surface area contributed by atoms with Crippen molar-refractivity contribution in [3.63, 3.8) is 0 Å². The Morgan fingerprint density at radius 2 is 2.14 bits per heavy atom. The molecule has 1 fully saturated rings. The van der Waals surface area contributed by atoms with Crippen LogP contribution >= 0.6 is 0 Å². The van der Waals surface area contributed by atoms with Gasteiger partial charge in [0.15, 0.2) is 11.5 Å². The van der Waals surface area contributed by atoms with E-state index in [1.807, 2.05) is 18.2 Å². The van der Waals surface area contributed by atoms with Crippen LogP contribution < -0.4 is 20.1 Å². The van der Waals surface area contributed by atoms with E-state index in [0.29, 0.717) is 24.0 Å². The van der Waals surface area contributed by atoms with E-state index >= 15 is 0 Å². The molecule has 5 heteroatoms. The number of carbonyl (C=O) groups excluding carboxylic acids is 1. The third kappa shape index (κ3) is 4.63. The van der Waals surface area contributed by atoms with E-state index in [2.05, 4.69) is 10.6 Å². The van der Waals surface area contributed by atoms with Crippen molar-refractivity contribution in [2.45, 2.75) is 31.7 Å². The lowest BCUT2D eigenvalue weighted by molar-refractivity contribution is -0.120. The number of hydrogen-bond donors (Lipinski definition) is 2. The van der Waals surface area contributed by atoms with Crippen LogP contribution in [0.1, 0.15) is 24.8 Å². The zero-order valence-electron chi connectivity index (χ0n) is 12.8. The smallest absolute Gasteiger partial charge is 0.224 e. The van der Waals surface area contributed by atoms with Crippen molar-refractivity contribution in [1.82, 2.24) is 10.6 Å². The van der Waals surface area contributed by atoms with E-state index in [9.17, 15) is 4.79 Å². The predicted octanol–water partition coefficient (Wildman–Crippen LogP) is 1.50. The maximum absolute atomic E-state index is 11.9. The van der Waals surface area contributed by atoms with E-state index in [4.69, 9.17) is 9.47 Å². The van der Waals surface area contributed by atoms with Crippen molar-refractivity contribution in [1.29, 1.82) is 0 Å². The zero-order chi connectivity index (χ0) is 15.1. The highest BCUT2D eigenvalue weighted by atomic mass is 16.5. The molecular weight excluding hydrogens is 268 g/mol. The van der Waals surface area contributed by atoms with Crippen LogP contribution in [0.4, 0.5) is 0 Å². The van der Waals surface area contributed by atoms with Gasteiger partial charge in [0, 0.05) is 12.6 Å². The molecule has 1 aliphatic rings. The monoisotopic (exact) mass is 292 g/mol. The quantitative estimate of drug-likeness (QED) is 0.799. The summed E-state index contributed by atoms with van der Waals surface area (Å²) in [7, 11) is 3.19. The Balaban J connectivity index is 1.78. The van der Waals surface area contributed by atoms with Gasteiger partial charge < -0.3 is 20.1 Å². The number of hydrogen-bond acceptors (Lipinski definition) is 4. The Morgan fingerprint density at radius 1 is 1.33 bits per heavy atom. The van der Waals surface area contributed by atoms with Gasteiger partial charge in [0.2, 0.25) is 5.91 Å². The van der Waals surface area contributed by atoms with Crippen molar-refractivity contribution < 1.29 is 14.3 Å². The first kappa shape index (κ1) is 15.6. The van der Waals surface area contributed by atoms with E-state index in [0.717, 1.165) is 25.1 Å². The minimum atomic E-state index is 0.0419. The van der Waals surface area contributed by atoms with Gasteiger partial charge in [0.05, 0.1) is 20.6 Å². The highest BCUT2D eigenvalue weighted by molar-refractivity contribution is 5.78. The van der Waals surface area contributed by atoms with Crippen LogP contribution in [-0.4, -0.2) is 39.3 Å². The SMILES string of the molecule is COc1ccc(CC(=O)NCC[C@H]2CCCN2)cc1OC. The lowest BCUT2D eigenvalue weighted by Gasteiger charge is -2.12. The van der Waals surface area contributed by atoms with Crippen molar-refractivity contribution in [3.05, 3.63) is 23.8 Å². The second kappa shape index (κ2) is 7.88. The molecule has 0 unspecified atom stereocenters. The standard InChI is InChI=1S/C16H24N2O3/c1-20-14-6-5-12(10-15(14)21-2)11-16(19)18-9-7-13-4-3-8-17-13/h5-6,10,13,17H,3-4,7-9,11H2,1-2H3,(H,18,19)/t13-/m1/s1. The Kier molecular flexibility index (Phi) is 5.87. The van der Waals surface area contributed by atoms with Crippen molar-refractivity contribution in [2.75, 3.05) is 27.3 Å². The summed E-state index contributed by atoms with van der Waals surface area (Å²) >= 11 is 0. The van der Waals surface area contributed by atoms with Crippen molar-refractivity contribution in [3.8, 4) is 11.5 Å². The lowest BCUT2D eigenvalue weighted by Crippen LogP contribution is -2.31. The molecule has 1 amide bonds. The Morgan fingerprint density at radius 3 is 2.81 bits per heavy atom. The van der Waals surface area contributed by atoms with Gasteiger partial charge in [-0.15, -0.1) is 0 Å². The van der Waals surface area contributed by atoms with Crippen LogP contribution in [0, 0.1) is 0 Å². The lowest BCUT2D eigenvalue weighted by atomic mass is 10.1. The first-order valence-corrected chi connectivity index (χ1v) is 7.44. The first-order valence-electron chi connectivity index (χ1n) is 7.44. The Bertz CT molecular complexity index is 471. The maximum atomic E-state index is 11.9. The largest absolute Gasteiger partial charge is 0.493 e. The van der Waals surface area contributed by atoms with Crippen molar-refractivity contribution in [2.24, 2.45) is 0 Å². The molecule has 5 nitrogen and oxygen atoms in total. The molecule has 116 valence electrons. The molecule has 0 bridgehead atoms. The normalized spacial score (nSPS) is 17.5. The van der Waals surface area contributed by atoms with Gasteiger partial charge in [-0.05, 0) is 43.5 Å². The Labute approximate surface area is 126 Å². The topological polar surface area (TPSA) is 59.6 Å². The third-order valence-corrected chi connectivity index (χ3v) is 3.79. The van der Waals surface area contributed by atoms with Gasteiger partial charge in [-0.25, -0.2) is 0 Å². The molecule has 1 atom stereocenters. The number of amides is 1. The van der Waals surface area contributed by atoms with Crippen molar-refractivity contribution >= 4 is 5.91 Å². The predicted molar refractivity (Wildman–Crippen MR) is 81.9 cm³/mol. The fourth-order valence-electron chi connectivity index (χ4n) is 2.63. The minimum Gasteiger partial charge on any atom is -0.493 e. The van der Waals surface area contributed by atoms with Crippen LogP contribution in [-0.2, 0) is 11.2 Å². The summed E-state index contributed by atoms with van der Waals surface area (Å²) in [6.07, 6.45) is 3.81. The van der Waals surface area contributed by atoms with Gasteiger partial charge in [-0.2, -0.15) is 0 Å². The summed E-state index contributed by atoms with van der Waals surface area (Å²) < 4.78 is 10.4. The molecule has 1 aromatic rings. The van der Waals surface area contributed by atoms with Crippen LogP contribution in [0.2, 0.25) is 0 Å². The number of methoxy groups -OCH3 is 2. The molecule has 1 aromatic carbocycles. The second-order valence-corrected chi connectivity index (χ2v) is 5.30. The molecule has 1 heterocycles. The number of nitrogens with one attached hydrogen (secondary N) is 2. The van der Waals surface area contributed by atoms with E-state index < -0.39 is 0 Å². The van der Waals surface area contributed by atoms with Crippen LogP contribution in [0.15, 0.2) is 18.2 Å². The molecule has 0 spiro atoms. The number of carbonyl (C=O) groups is 1. The highest BCUT2D eigenvalue weighted by Gasteiger charge is 2.14. The number of benzene rings is 1. The number of rotatable bonds is 7. The second-order valence-electron chi connectivity index (χ2n) is 5.30. The third-order valence-electron chi connectivity index (χ3n) is 3.79. The molecule has 21 heavy (non-hydrogen) atoms. The summed E-state index contributed by atoms with van der Waals surface area (Å²) in [5.74, 6) is 1.37. The van der Waals surface area contributed by atoms with Crippen LogP contribution in [0.3, 0.4) is 0 Å². The molecule has 0 saturated carbocycles. The van der Waals surface area contributed by atoms with E-state index in [-0.39, 0.29) is 5.91 Å². The summed E-state index contributed by atoms with van der Waals surface area (Å²) in [5.41, 5.74) is 0.921. The summed E-state index contributed by atoms with van der Waals surface area (Å²) in [4.78, 5) is 11.9. The zero-order valence-corrected chi connectivity index (χ0v) is 12.8. The first-order chi connectivity index (χ1) is 10.2. The molecule has 2 N–H and O–H groups in total. The molecular formula is C16H24N2O3. The molecule has 1 aliphatic heterocycles. The Hall–Kier alpha value is -1.75. The summed E-state index contributed by atoms with van der Waals surface area (Å²) in [5, 5.41) is 6.40. The fourth-order valence-corrected chi connectivity index (χ4v) is 2.63. The average Bonchev–Trinajstić information content (AvgIpc) is 3.00. The maximum Gasteiger partial charge on any atom is 0.224 e. The number of ether oxygens (including phenoxy) is 2. The van der Waals surface area contributed by atoms with Gasteiger partial charge >= 0.3 is 0 Å². The highest BCUT2D eigenvalue weighted by Crippen LogP contribution is 2.27. The van der Waals surface area contributed by atoms with E-state index in [1.165, 1.54) is 12.8 Å². The van der Waals surface area contributed by atoms with Gasteiger partial charge in [-0.3, -0.25) is 4.79 Å². The fraction of sp³-hybridized carbons (Fsp3) is 0.562. The minimum absolute atomic E-state index is 0.0419. The van der Waals surface area contributed by atoms with Crippen LogP contribution in [0.25, 0.3) is 0 Å². The molecule has 0 aliphatic carbocycles. The van der Waals surface area contributed by atoms with E-state index in [1.54, 1.807) is 14.2 Å². The summed E-state index contributed by atoms with van der Waals surface area (Å²) in [6, 6.07) is 6.12. The van der Waals surface area contributed by atoms with Gasteiger partial charge in [-0.1, -0.05) is 6.07 Å². The average molecular weight is 292 g/mol. The van der Waals surface area contributed by atoms with Gasteiger partial charge in [0.25, 0.3) is 0 Å². The van der Waals surface area contributed by atoms with Crippen LogP contribution in [0.5, 0.6) is 11.5 Å². The molecule has 2 rings (SSSR count). The summed E-state index contributed by atoms with van der Waals surface area (Å²) in [6.45, 7) is 1.83.